The van der Waals surface area contributed by atoms with E-state index in [1.165, 1.54) is 6.92 Å². The van der Waals surface area contributed by atoms with Crippen LogP contribution in [0.5, 0.6) is 0 Å². The highest BCUT2D eigenvalue weighted by molar-refractivity contribution is 6.15. The first-order valence-electron chi connectivity index (χ1n) is 10.4. The van der Waals surface area contributed by atoms with Crippen LogP contribution >= 0.6 is 0 Å². The van der Waals surface area contributed by atoms with Gasteiger partial charge in [-0.15, -0.1) is 0 Å². The second-order valence-electron chi connectivity index (χ2n) is 10.1. The van der Waals surface area contributed by atoms with Gasteiger partial charge in [-0.2, -0.15) is 0 Å². The van der Waals surface area contributed by atoms with Crippen LogP contribution in [-0.4, -0.2) is 52.7 Å². The molecule has 0 radical (unpaired) electrons. The normalized spacial score (nSPS) is 44.4. The Balaban J connectivity index is 1.99. The fourth-order valence-electron chi connectivity index (χ4n) is 7.17. The molecule has 8 nitrogen and oxygen atoms in total. The predicted molar refractivity (Wildman–Crippen MR) is 102 cm³/mol. The molecule has 0 unspecified atom stereocenters. The number of rotatable bonds is 2. The number of cyclic esters (lactones) is 1. The summed E-state index contributed by atoms with van der Waals surface area (Å²) in [6, 6.07) is 0. The zero-order valence-corrected chi connectivity index (χ0v) is 17.5. The molecule has 1 saturated heterocycles. The van der Waals surface area contributed by atoms with Gasteiger partial charge < -0.3 is 19.7 Å². The number of carboxylic acids is 1. The van der Waals surface area contributed by atoms with E-state index in [4.69, 9.17) is 9.47 Å². The van der Waals surface area contributed by atoms with Gasteiger partial charge in [-0.25, -0.2) is 0 Å². The van der Waals surface area contributed by atoms with E-state index in [-0.39, 0.29) is 30.9 Å². The Hall–Kier alpha value is -2.22. The zero-order chi connectivity index (χ0) is 22.2. The molecule has 1 heterocycles. The Morgan fingerprint density at radius 3 is 2.53 bits per heavy atom. The van der Waals surface area contributed by atoms with Gasteiger partial charge in [-0.3, -0.25) is 19.2 Å². The van der Waals surface area contributed by atoms with Gasteiger partial charge in [0.15, 0.2) is 5.78 Å². The zero-order valence-electron chi connectivity index (χ0n) is 17.5. The van der Waals surface area contributed by atoms with E-state index in [0.717, 1.165) is 0 Å². The van der Waals surface area contributed by atoms with Crippen LogP contribution in [0, 0.1) is 34.0 Å². The van der Waals surface area contributed by atoms with Crippen molar-refractivity contribution in [3.8, 4) is 0 Å². The molecule has 4 rings (SSSR count). The fourth-order valence-corrected chi connectivity index (χ4v) is 7.17. The van der Waals surface area contributed by atoms with Crippen molar-refractivity contribution < 1.29 is 38.9 Å². The minimum Gasteiger partial charge on any atom is -0.481 e. The van der Waals surface area contributed by atoms with Crippen molar-refractivity contribution >= 4 is 23.7 Å². The van der Waals surface area contributed by atoms with Crippen molar-refractivity contribution in [2.45, 2.75) is 58.7 Å². The molecule has 30 heavy (non-hydrogen) atoms. The summed E-state index contributed by atoms with van der Waals surface area (Å²) in [6.07, 6.45) is -0.832. The summed E-state index contributed by atoms with van der Waals surface area (Å²) < 4.78 is 11.2. The monoisotopic (exact) mass is 420 g/mol. The number of ketones is 1. The fraction of sp³-hybridized carbons (Fsp3) is 0.727. The topological polar surface area (TPSA) is 127 Å². The lowest BCUT2D eigenvalue weighted by molar-refractivity contribution is -0.259. The minimum atomic E-state index is -1.68. The Bertz CT molecular complexity index is 859. The van der Waals surface area contributed by atoms with Crippen LogP contribution in [0.25, 0.3) is 0 Å². The van der Waals surface area contributed by atoms with Gasteiger partial charge in [0.25, 0.3) is 0 Å². The lowest BCUT2D eigenvalue weighted by Crippen LogP contribution is -2.72. The van der Waals surface area contributed by atoms with Gasteiger partial charge in [-0.05, 0) is 42.6 Å². The molecular weight excluding hydrogens is 392 g/mol. The lowest BCUT2D eigenvalue weighted by atomic mass is 9.43. The van der Waals surface area contributed by atoms with Gasteiger partial charge in [-0.1, -0.05) is 20.4 Å². The summed E-state index contributed by atoms with van der Waals surface area (Å²) in [5.41, 5.74) is -3.56. The lowest BCUT2D eigenvalue weighted by Gasteiger charge is -2.62. The van der Waals surface area contributed by atoms with Gasteiger partial charge in [0.2, 0.25) is 0 Å². The maximum atomic E-state index is 13.3. The maximum absolute atomic E-state index is 13.3. The number of ether oxygens (including phenoxy) is 2. The first kappa shape index (κ1) is 21.0. The van der Waals surface area contributed by atoms with Gasteiger partial charge >= 0.3 is 17.9 Å². The first-order chi connectivity index (χ1) is 13.9. The highest BCUT2D eigenvalue weighted by Gasteiger charge is 2.77. The van der Waals surface area contributed by atoms with Gasteiger partial charge in [0.05, 0.1) is 17.4 Å². The van der Waals surface area contributed by atoms with Crippen LogP contribution in [0.1, 0.15) is 46.5 Å². The molecule has 4 aliphatic rings. The van der Waals surface area contributed by atoms with Crippen LogP contribution in [0.3, 0.4) is 0 Å². The average Bonchev–Trinajstić information content (AvgIpc) is 2.82. The van der Waals surface area contributed by atoms with E-state index in [1.807, 2.05) is 13.8 Å². The Kier molecular flexibility index (Phi) is 4.48. The van der Waals surface area contributed by atoms with Crippen molar-refractivity contribution in [2.24, 2.45) is 34.0 Å². The summed E-state index contributed by atoms with van der Waals surface area (Å²) in [5.74, 6) is -5.39. The third-order valence-electron chi connectivity index (χ3n) is 8.12. The van der Waals surface area contributed by atoms with Crippen molar-refractivity contribution in [2.75, 3.05) is 6.61 Å². The molecule has 3 aliphatic carbocycles. The molecule has 2 N–H and O–H groups in total. The average molecular weight is 420 g/mol. The van der Waals surface area contributed by atoms with Crippen molar-refractivity contribution in [1.82, 2.24) is 0 Å². The number of aliphatic hydroxyl groups excluding tert-OH is 1. The summed E-state index contributed by atoms with van der Waals surface area (Å²) in [6.45, 7) is 8.39. The van der Waals surface area contributed by atoms with Crippen LogP contribution in [0.2, 0.25) is 0 Å². The van der Waals surface area contributed by atoms with Crippen molar-refractivity contribution in [1.29, 1.82) is 0 Å². The molecule has 1 aliphatic heterocycles. The molecule has 0 aromatic heterocycles. The number of carboxylic acid groups (broad SMARTS) is 1. The van der Waals surface area contributed by atoms with E-state index in [2.05, 4.69) is 6.58 Å². The quantitative estimate of drug-likeness (QED) is 0.391. The predicted octanol–water partition coefficient (Wildman–Crippen LogP) is 1.49. The first-order valence-corrected chi connectivity index (χ1v) is 10.4. The number of aliphatic hydroxyl groups is 1. The summed E-state index contributed by atoms with van der Waals surface area (Å²) in [5, 5.41) is 21.5. The number of Topliss-reactive ketones (excluding diaryl/α,β-unsaturated/α-hetero) is 1. The number of allylic oxidation sites excluding steroid dienone is 1. The molecule has 0 aromatic carbocycles. The van der Waals surface area contributed by atoms with Crippen LogP contribution in [-0.2, 0) is 28.7 Å². The Morgan fingerprint density at radius 1 is 1.27 bits per heavy atom. The highest BCUT2D eigenvalue weighted by Crippen LogP contribution is 2.68. The van der Waals surface area contributed by atoms with E-state index in [9.17, 15) is 29.4 Å². The Labute approximate surface area is 174 Å². The molecule has 8 heteroatoms. The summed E-state index contributed by atoms with van der Waals surface area (Å²) >= 11 is 0. The minimum absolute atomic E-state index is 0.145. The van der Waals surface area contributed by atoms with Crippen molar-refractivity contribution in [3.63, 3.8) is 0 Å². The van der Waals surface area contributed by atoms with Crippen LogP contribution in [0.15, 0.2) is 12.2 Å². The van der Waals surface area contributed by atoms with Crippen LogP contribution in [0.4, 0.5) is 0 Å². The molecule has 0 aromatic rings. The smallest absolute Gasteiger partial charge is 0.320 e. The molecule has 3 saturated carbocycles. The SMILES string of the molecule is C=C1C(=O)[C@]23C[C@@H]1C[C@H](O)[C@H]2[C@]1(COC3=O)[C@@H](OC(C)=O)CCC(C)(C)[C@H]1C(=O)O. The maximum Gasteiger partial charge on any atom is 0.320 e. The number of carbonyl (C=O) groups is 4. The molecule has 0 amide bonds. The van der Waals surface area contributed by atoms with E-state index >= 15 is 0 Å². The van der Waals surface area contributed by atoms with Gasteiger partial charge in [0.1, 0.15) is 18.1 Å². The molecule has 164 valence electrons. The second kappa shape index (κ2) is 6.39. The van der Waals surface area contributed by atoms with Crippen LogP contribution < -0.4 is 0 Å². The number of hydrogen-bond acceptors (Lipinski definition) is 7. The molecular formula is C22H28O8. The third-order valence-corrected chi connectivity index (χ3v) is 8.12. The van der Waals surface area contributed by atoms with E-state index in [0.29, 0.717) is 12.8 Å². The molecule has 2 spiro atoms. The number of aliphatic carboxylic acids is 1. The summed E-state index contributed by atoms with van der Waals surface area (Å²) in [4.78, 5) is 50.9. The molecule has 7 atom stereocenters. The standard InChI is InChI=1S/C22H28O8/c1-10-12-7-13(24)15-21(8-12,17(10)25)19(28)29-9-22(15)14(30-11(2)23)5-6-20(3,4)16(22)18(26)27/h12-16,24H,1,5-9H2,2-4H3,(H,26,27)/t12-,13-,14-,15+,16+,21-,22-/m0/s1. The number of fused-ring (bicyclic) bond motifs is 2. The van der Waals surface area contributed by atoms with E-state index < -0.39 is 64.0 Å². The second-order valence-corrected chi connectivity index (χ2v) is 10.1. The van der Waals surface area contributed by atoms with Gasteiger partial charge in [0, 0.05) is 12.8 Å². The molecule has 4 fully saturated rings. The van der Waals surface area contributed by atoms with E-state index in [1.54, 1.807) is 0 Å². The number of hydrogen-bond donors (Lipinski definition) is 2. The number of carbonyl (C=O) groups excluding carboxylic acids is 3. The summed E-state index contributed by atoms with van der Waals surface area (Å²) in [7, 11) is 0. The highest BCUT2D eigenvalue weighted by atomic mass is 16.6. The Morgan fingerprint density at radius 2 is 1.93 bits per heavy atom. The third kappa shape index (κ3) is 2.43. The largest absolute Gasteiger partial charge is 0.481 e. The molecule has 2 bridgehead atoms. The van der Waals surface area contributed by atoms with Crippen molar-refractivity contribution in [3.05, 3.63) is 12.2 Å². The number of esters is 2.